The van der Waals surface area contributed by atoms with Crippen LogP contribution in [-0.4, -0.2) is 9.97 Å². The molecule has 0 aliphatic carbocycles. The van der Waals surface area contributed by atoms with E-state index >= 15 is 0 Å². The Kier molecular flexibility index (Phi) is 3.83. The van der Waals surface area contributed by atoms with Crippen molar-refractivity contribution in [1.82, 2.24) is 9.97 Å². The van der Waals surface area contributed by atoms with Crippen molar-refractivity contribution in [1.29, 1.82) is 0 Å². The molecule has 0 saturated heterocycles. The molecule has 1 aromatic heterocycles. The summed E-state index contributed by atoms with van der Waals surface area (Å²) in [5, 5.41) is 1.16. The molecular weight excluding hydrogens is 258 g/mol. The number of aromatic amines is 1. The lowest BCUT2D eigenvalue weighted by atomic mass is 10.2. The Labute approximate surface area is 107 Å². The number of H-pyrrole nitrogens is 1. The molecule has 1 aromatic carbocycles. The molecule has 0 fully saturated rings. The van der Waals surface area contributed by atoms with Gasteiger partial charge in [0, 0.05) is 28.7 Å². The predicted octanol–water partition coefficient (Wildman–Crippen LogP) is 2.03. The molecule has 0 aliphatic heterocycles. The summed E-state index contributed by atoms with van der Waals surface area (Å²) in [5.41, 5.74) is 6.24. The molecule has 0 unspecified atom stereocenters. The molecule has 17 heavy (non-hydrogen) atoms. The Bertz CT molecular complexity index is 585. The smallest absolute Gasteiger partial charge is 0.251 e. The van der Waals surface area contributed by atoms with E-state index in [1.807, 2.05) is 12.1 Å². The van der Waals surface area contributed by atoms with Crippen LogP contribution in [0, 0.1) is 0 Å². The van der Waals surface area contributed by atoms with E-state index < -0.39 is 0 Å². The average molecular weight is 268 g/mol. The van der Waals surface area contributed by atoms with E-state index in [0.29, 0.717) is 16.7 Å². The summed E-state index contributed by atoms with van der Waals surface area (Å²) in [4.78, 5) is 18.7. The Hall–Kier alpha value is -1.30. The van der Waals surface area contributed by atoms with E-state index in [4.69, 9.17) is 17.3 Å². The quantitative estimate of drug-likeness (QED) is 0.835. The van der Waals surface area contributed by atoms with Crippen LogP contribution in [0.15, 0.2) is 45.3 Å². The molecule has 4 nitrogen and oxygen atoms in total. The third-order valence-electron chi connectivity index (χ3n) is 2.11. The Morgan fingerprint density at radius 2 is 2.24 bits per heavy atom. The lowest BCUT2D eigenvalue weighted by Gasteiger charge is -2.04. The van der Waals surface area contributed by atoms with Crippen LogP contribution in [0.3, 0.4) is 0 Å². The Morgan fingerprint density at radius 1 is 1.41 bits per heavy atom. The van der Waals surface area contributed by atoms with E-state index in [-0.39, 0.29) is 5.56 Å². The fraction of sp³-hybridized carbons (Fsp3) is 0.0909. The molecule has 3 N–H and O–H groups in total. The SMILES string of the molecule is NCc1ccc(Sc2nccc(=O)[nH]2)cc1Cl. The van der Waals surface area contributed by atoms with E-state index in [0.717, 1.165) is 10.5 Å². The molecular formula is C11H10ClN3OS. The maximum absolute atomic E-state index is 11.1. The van der Waals surface area contributed by atoms with Gasteiger partial charge in [-0.25, -0.2) is 4.98 Å². The molecule has 0 radical (unpaired) electrons. The minimum Gasteiger partial charge on any atom is -0.326 e. The third kappa shape index (κ3) is 3.09. The number of nitrogens with two attached hydrogens (primary N) is 1. The number of nitrogens with zero attached hydrogens (tertiary/aromatic N) is 1. The van der Waals surface area contributed by atoms with Crippen molar-refractivity contribution in [2.75, 3.05) is 0 Å². The van der Waals surface area contributed by atoms with Gasteiger partial charge in [0.15, 0.2) is 5.16 Å². The average Bonchev–Trinajstić information content (AvgIpc) is 2.29. The highest BCUT2D eigenvalue weighted by Gasteiger charge is 2.03. The van der Waals surface area contributed by atoms with Gasteiger partial charge in [-0.2, -0.15) is 0 Å². The maximum Gasteiger partial charge on any atom is 0.251 e. The van der Waals surface area contributed by atoms with Crippen LogP contribution in [-0.2, 0) is 6.54 Å². The van der Waals surface area contributed by atoms with Gasteiger partial charge in [0.05, 0.1) is 0 Å². The summed E-state index contributed by atoms with van der Waals surface area (Å²) >= 11 is 7.38. The summed E-state index contributed by atoms with van der Waals surface area (Å²) in [5.74, 6) is 0. The monoisotopic (exact) mass is 267 g/mol. The Balaban J connectivity index is 2.25. The second-order valence-corrected chi connectivity index (χ2v) is 4.77. The van der Waals surface area contributed by atoms with Crippen molar-refractivity contribution >= 4 is 23.4 Å². The van der Waals surface area contributed by atoms with Gasteiger partial charge in [-0.05, 0) is 17.7 Å². The molecule has 6 heteroatoms. The second kappa shape index (κ2) is 5.35. The summed E-state index contributed by atoms with van der Waals surface area (Å²) in [6.07, 6.45) is 1.47. The van der Waals surface area contributed by atoms with Gasteiger partial charge in [0.2, 0.25) is 0 Å². The first-order chi connectivity index (χ1) is 8.19. The number of nitrogens with one attached hydrogen (secondary N) is 1. The van der Waals surface area contributed by atoms with Crippen molar-refractivity contribution < 1.29 is 0 Å². The largest absolute Gasteiger partial charge is 0.326 e. The fourth-order valence-corrected chi connectivity index (χ4v) is 2.40. The van der Waals surface area contributed by atoms with Crippen LogP contribution in [0.2, 0.25) is 5.02 Å². The highest BCUT2D eigenvalue weighted by molar-refractivity contribution is 7.99. The first-order valence-corrected chi connectivity index (χ1v) is 6.10. The number of hydrogen-bond acceptors (Lipinski definition) is 4. The molecule has 1 heterocycles. The normalized spacial score (nSPS) is 10.5. The first-order valence-electron chi connectivity index (χ1n) is 4.91. The molecule has 88 valence electrons. The fourth-order valence-electron chi connectivity index (χ4n) is 1.27. The van der Waals surface area contributed by atoms with Crippen LogP contribution < -0.4 is 11.3 Å². The van der Waals surface area contributed by atoms with Gasteiger partial charge in [0.1, 0.15) is 0 Å². The predicted molar refractivity (Wildman–Crippen MR) is 68.3 cm³/mol. The van der Waals surface area contributed by atoms with Crippen molar-refractivity contribution in [2.45, 2.75) is 16.6 Å². The van der Waals surface area contributed by atoms with Crippen molar-refractivity contribution in [3.05, 3.63) is 51.4 Å². The minimum absolute atomic E-state index is 0.174. The summed E-state index contributed by atoms with van der Waals surface area (Å²) in [7, 11) is 0. The molecule has 2 aromatic rings. The molecule has 0 aliphatic rings. The van der Waals surface area contributed by atoms with Gasteiger partial charge >= 0.3 is 0 Å². The lowest BCUT2D eigenvalue weighted by molar-refractivity contribution is 0.936. The van der Waals surface area contributed by atoms with Crippen LogP contribution in [0.4, 0.5) is 0 Å². The topological polar surface area (TPSA) is 71.8 Å². The van der Waals surface area contributed by atoms with E-state index in [1.165, 1.54) is 24.0 Å². The summed E-state index contributed by atoms with van der Waals surface area (Å²) in [6, 6.07) is 6.94. The van der Waals surface area contributed by atoms with Crippen LogP contribution in [0.25, 0.3) is 0 Å². The van der Waals surface area contributed by atoms with Gasteiger partial charge in [-0.15, -0.1) is 0 Å². The molecule has 0 amide bonds. The highest BCUT2D eigenvalue weighted by atomic mass is 35.5. The molecule has 2 rings (SSSR count). The number of aromatic nitrogens is 2. The summed E-state index contributed by atoms with van der Waals surface area (Å²) in [6.45, 7) is 0.407. The van der Waals surface area contributed by atoms with Crippen molar-refractivity contribution in [3.8, 4) is 0 Å². The van der Waals surface area contributed by atoms with E-state index in [2.05, 4.69) is 9.97 Å². The van der Waals surface area contributed by atoms with E-state index in [9.17, 15) is 4.79 Å². The third-order valence-corrected chi connectivity index (χ3v) is 3.35. The van der Waals surface area contributed by atoms with Gasteiger partial charge < -0.3 is 10.7 Å². The van der Waals surface area contributed by atoms with Gasteiger partial charge in [-0.1, -0.05) is 29.4 Å². The number of hydrogen-bond donors (Lipinski definition) is 2. The lowest BCUT2D eigenvalue weighted by Crippen LogP contribution is -2.05. The summed E-state index contributed by atoms with van der Waals surface area (Å²) < 4.78 is 0. The standard InChI is InChI=1S/C11H10ClN3OS/c12-9-5-8(2-1-7(9)6-13)17-11-14-4-3-10(16)15-11/h1-5H,6,13H2,(H,14,15,16). The maximum atomic E-state index is 11.1. The first kappa shape index (κ1) is 12.2. The molecule has 0 atom stereocenters. The van der Waals surface area contributed by atoms with Crippen LogP contribution >= 0.6 is 23.4 Å². The zero-order valence-corrected chi connectivity index (χ0v) is 10.4. The van der Waals surface area contributed by atoms with E-state index in [1.54, 1.807) is 6.07 Å². The Morgan fingerprint density at radius 3 is 2.88 bits per heavy atom. The minimum atomic E-state index is -0.174. The highest BCUT2D eigenvalue weighted by Crippen LogP contribution is 2.27. The second-order valence-electron chi connectivity index (χ2n) is 3.30. The van der Waals surface area contributed by atoms with Crippen molar-refractivity contribution in [2.24, 2.45) is 5.73 Å². The number of rotatable bonds is 3. The van der Waals surface area contributed by atoms with Crippen molar-refractivity contribution in [3.63, 3.8) is 0 Å². The molecule has 0 spiro atoms. The number of halogens is 1. The zero-order valence-electron chi connectivity index (χ0n) is 8.81. The van der Waals surface area contributed by atoms with Crippen LogP contribution in [0.5, 0.6) is 0 Å². The van der Waals surface area contributed by atoms with Crippen LogP contribution in [0.1, 0.15) is 5.56 Å². The molecule has 0 bridgehead atoms. The zero-order chi connectivity index (χ0) is 12.3. The number of benzene rings is 1. The molecule has 0 saturated carbocycles. The van der Waals surface area contributed by atoms with Gasteiger partial charge in [0.25, 0.3) is 5.56 Å². The van der Waals surface area contributed by atoms with Gasteiger partial charge in [-0.3, -0.25) is 4.79 Å².